The molecule has 1 amide bonds. The molecule has 1 aromatic heterocycles. The molecule has 6 nitrogen and oxygen atoms in total. The zero-order valence-corrected chi connectivity index (χ0v) is 15.5. The minimum Gasteiger partial charge on any atom is -0.497 e. The molecule has 0 spiro atoms. The highest BCUT2D eigenvalue weighted by atomic mass is 32.2. The zero-order chi connectivity index (χ0) is 17.9. The lowest BCUT2D eigenvalue weighted by molar-refractivity contribution is 0.0716. The first-order valence-electron chi connectivity index (χ1n) is 7.99. The van der Waals surface area contributed by atoms with E-state index in [-0.39, 0.29) is 16.8 Å². The number of thiophene rings is 1. The minimum atomic E-state index is -3.57. The fourth-order valence-corrected chi connectivity index (χ4v) is 4.79. The van der Waals surface area contributed by atoms with E-state index >= 15 is 0 Å². The van der Waals surface area contributed by atoms with Crippen molar-refractivity contribution in [3.8, 4) is 5.75 Å². The van der Waals surface area contributed by atoms with E-state index in [4.69, 9.17) is 4.74 Å². The van der Waals surface area contributed by atoms with Gasteiger partial charge in [-0.15, -0.1) is 11.3 Å². The van der Waals surface area contributed by atoms with Gasteiger partial charge in [0.05, 0.1) is 16.9 Å². The average Bonchev–Trinajstić information content (AvgIpc) is 3.16. The van der Waals surface area contributed by atoms with Gasteiger partial charge in [-0.3, -0.25) is 4.79 Å². The molecule has 3 rings (SSSR count). The molecular formula is C17H20N2O4S2. The molecular weight excluding hydrogens is 360 g/mol. The molecule has 8 heteroatoms. The zero-order valence-electron chi connectivity index (χ0n) is 13.8. The number of benzene rings is 1. The lowest BCUT2D eigenvalue weighted by atomic mass is 10.1. The summed E-state index contributed by atoms with van der Waals surface area (Å²) in [5.74, 6) is 0.630. The van der Waals surface area contributed by atoms with Gasteiger partial charge in [0.25, 0.3) is 5.91 Å². The van der Waals surface area contributed by atoms with Crippen LogP contribution in [0, 0.1) is 0 Å². The number of carbonyl (C=O) groups excluding carboxylic acids is 1. The first kappa shape index (κ1) is 17.9. The Morgan fingerprint density at radius 3 is 2.44 bits per heavy atom. The van der Waals surface area contributed by atoms with Crippen molar-refractivity contribution in [3.63, 3.8) is 0 Å². The molecule has 25 heavy (non-hydrogen) atoms. The van der Waals surface area contributed by atoms with Crippen molar-refractivity contribution in [1.82, 2.24) is 9.62 Å². The molecule has 1 saturated heterocycles. The monoisotopic (exact) mass is 380 g/mol. The van der Waals surface area contributed by atoms with Crippen molar-refractivity contribution in [3.05, 3.63) is 46.7 Å². The number of nitrogens with one attached hydrogen (secondary N) is 1. The van der Waals surface area contributed by atoms with Crippen molar-refractivity contribution >= 4 is 27.3 Å². The van der Waals surface area contributed by atoms with Crippen molar-refractivity contribution in [1.29, 1.82) is 0 Å². The molecule has 0 bridgehead atoms. The van der Waals surface area contributed by atoms with E-state index in [1.807, 2.05) is 17.5 Å². The second kappa shape index (κ2) is 7.55. The van der Waals surface area contributed by atoms with Crippen LogP contribution in [0.5, 0.6) is 5.75 Å². The van der Waals surface area contributed by atoms with Gasteiger partial charge < -0.3 is 9.64 Å². The highest BCUT2D eigenvalue weighted by Gasteiger charge is 2.27. The largest absolute Gasteiger partial charge is 0.497 e. The minimum absolute atomic E-state index is 0.0199. The molecule has 0 unspecified atom stereocenters. The van der Waals surface area contributed by atoms with Gasteiger partial charge in [0.15, 0.2) is 0 Å². The van der Waals surface area contributed by atoms with E-state index in [9.17, 15) is 13.2 Å². The van der Waals surface area contributed by atoms with Gasteiger partial charge in [-0.25, -0.2) is 13.1 Å². The van der Waals surface area contributed by atoms with E-state index in [2.05, 4.69) is 4.72 Å². The highest BCUT2D eigenvalue weighted by Crippen LogP contribution is 2.20. The first-order valence-corrected chi connectivity index (χ1v) is 10.3. The summed E-state index contributed by atoms with van der Waals surface area (Å²) in [6.07, 6.45) is 1.21. The van der Waals surface area contributed by atoms with Crippen LogP contribution in [0.15, 0.2) is 46.7 Å². The maximum atomic E-state index is 12.5. The summed E-state index contributed by atoms with van der Waals surface area (Å²) in [6, 6.07) is 9.79. The molecule has 1 aromatic carbocycles. The molecule has 0 aliphatic carbocycles. The van der Waals surface area contributed by atoms with E-state index in [0.717, 1.165) is 4.88 Å². The summed E-state index contributed by atoms with van der Waals surface area (Å²) in [5.41, 5.74) is 0. The SMILES string of the molecule is COc1ccc(S(=O)(=O)NC2CCN(C(=O)c3cccs3)CC2)cc1. The average molecular weight is 380 g/mol. The van der Waals surface area contributed by atoms with E-state index in [0.29, 0.717) is 31.7 Å². The first-order chi connectivity index (χ1) is 12.0. The summed E-state index contributed by atoms with van der Waals surface area (Å²) in [6.45, 7) is 1.10. The topological polar surface area (TPSA) is 75.7 Å². The van der Waals surface area contributed by atoms with Gasteiger partial charge in [-0.05, 0) is 48.6 Å². The van der Waals surface area contributed by atoms with Crippen molar-refractivity contribution in [2.75, 3.05) is 20.2 Å². The van der Waals surface area contributed by atoms with Crippen LogP contribution >= 0.6 is 11.3 Å². The number of amides is 1. The smallest absolute Gasteiger partial charge is 0.263 e. The van der Waals surface area contributed by atoms with Crippen LogP contribution in [0.4, 0.5) is 0 Å². The maximum absolute atomic E-state index is 12.5. The fraction of sp³-hybridized carbons (Fsp3) is 0.353. The third-order valence-electron chi connectivity index (χ3n) is 4.21. The Labute approximate surface area is 151 Å². The van der Waals surface area contributed by atoms with Crippen LogP contribution in [0.3, 0.4) is 0 Å². The molecule has 0 radical (unpaired) electrons. The summed E-state index contributed by atoms with van der Waals surface area (Å²) in [4.78, 5) is 15.0. The van der Waals surface area contributed by atoms with Gasteiger partial charge in [0, 0.05) is 19.1 Å². The van der Waals surface area contributed by atoms with Crippen LogP contribution in [0.2, 0.25) is 0 Å². The van der Waals surface area contributed by atoms with Crippen LogP contribution in [-0.2, 0) is 10.0 Å². The third-order valence-corrected chi connectivity index (χ3v) is 6.60. The standard InChI is InChI=1S/C17H20N2O4S2/c1-23-14-4-6-15(7-5-14)25(21,22)18-13-8-10-19(11-9-13)17(20)16-3-2-12-24-16/h2-7,12-13,18H,8-11H2,1H3. The van der Waals surface area contributed by atoms with Crippen LogP contribution < -0.4 is 9.46 Å². The van der Waals surface area contributed by atoms with Gasteiger partial charge in [-0.1, -0.05) is 6.07 Å². The lowest BCUT2D eigenvalue weighted by Crippen LogP contribution is -2.46. The van der Waals surface area contributed by atoms with Crippen LogP contribution in [-0.4, -0.2) is 45.5 Å². The van der Waals surface area contributed by atoms with E-state index in [1.165, 1.54) is 30.6 Å². The van der Waals surface area contributed by atoms with Crippen LogP contribution in [0.1, 0.15) is 22.5 Å². The maximum Gasteiger partial charge on any atom is 0.263 e. The Hall–Kier alpha value is -1.90. The van der Waals surface area contributed by atoms with Crippen molar-refractivity contribution in [2.24, 2.45) is 0 Å². The number of hydrogen-bond donors (Lipinski definition) is 1. The van der Waals surface area contributed by atoms with E-state index in [1.54, 1.807) is 17.0 Å². The number of ether oxygens (including phenoxy) is 1. The summed E-state index contributed by atoms with van der Waals surface area (Å²) < 4.78 is 32.7. The Balaban J connectivity index is 1.58. The Morgan fingerprint density at radius 1 is 1.20 bits per heavy atom. The number of rotatable bonds is 5. The number of nitrogens with zero attached hydrogens (tertiary/aromatic N) is 1. The van der Waals surface area contributed by atoms with Crippen LogP contribution in [0.25, 0.3) is 0 Å². The normalized spacial score (nSPS) is 16.0. The van der Waals surface area contributed by atoms with Gasteiger partial charge in [0.2, 0.25) is 10.0 Å². The van der Waals surface area contributed by atoms with Gasteiger partial charge in [0.1, 0.15) is 5.75 Å². The second-order valence-electron chi connectivity index (χ2n) is 5.84. The quantitative estimate of drug-likeness (QED) is 0.864. The molecule has 1 aliphatic rings. The van der Waals surface area contributed by atoms with Gasteiger partial charge in [-0.2, -0.15) is 0 Å². The summed E-state index contributed by atoms with van der Waals surface area (Å²) in [7, 11) is -2.04. The van der Waals surface area contributed by atoms with E-state index < -0.39 is 10.0 Å². The Morgan fingerprint density at radius 2 is 1.88 bits per heavy atom. The summed E-state index contributed by atoms with van der Waals surface area (Å²) in [5, 5.41) is 1.88. The number of piperidine rings is 1. The third kappa shape index (κ3) is 4.20. The molecule has 0 atom stereocenters. The number of likely N-dealkylation sites (tertiary alicyclic amines) is 1. The Kier molecular flexibility index (Phi) is 5.41. The molecule has 2 heterocycles. The number of hydrogen-bond acceptors (Lipinski definition) is 5. The Bertz CT molecular complexity index is 809. The van der Waals surface area contributed by atoms with Crippen molar-refractivity contribution < 1.29 is 17.9 Å². The highest BCUT2D eigenvalue weighted by molar-refractivity contribution is 7.89. The number of methoxy groups -OCH3 is 1. The second-order valence-corrected chi connectivity index (χ2v) is 8.50. The van der Waals surface area contributed by atoms with Crippen molar-refractivity contribution in [2.45, 2.75) is 23.8 Å². The number of carbonyl (C=O) groups is 1. The molecule has 1 fully saturated rings. The predicted octanol–water partition coefficient (Wildman–Crippen LogP) is 2.34. The molecule has 134 valence electrons. The number of sulfonamides is 1. The fourth-order valence-electron chi connectivity index (χ4n) is 2.80. The summed E-state index contributed by atoms with van der Waals surface area (Å²) >= 11 is 1.42. The molecule has 2 aromatic rings. The van der Waals surface area contributed by atoms with Gasteiger partial charge >= 0.3 is 0 Å². The molecule has 1 aliphatic heterocycles. The molecule has 1 N–H and O–H groups in total. The lowest BCUT2D eigenvalue weighted by Gasteiger charge is -2.32. The molecule has 0 saturated carbocycles. The predicted molar refractivity (Wildman–Crippen MR) is 96.6 cm³/mol.